The number of carbonyl (C=O) groups is 1. The smallest absolute Gasteiger partial charge is 0.227 e. The summed E-state index contributed by atoms with van der Waals surface area (Å²) in [5.74, 6) is 1.12. The molecule has 1 aliphatic rings. The normalized spacial score (nSPS) is 14.8. The van der Waals surface area contributed by atoms with Gasteiger partial charge in [0.25, 0.3) is 0 Å². The van der Waals surface area contributed by atoms with E-state index in [4.69, 9.17) is 5.73 Å². The lowest BCUT2D eigenvalue weighted by atomic mass is 10.1. The first-order chi connectivity index (χ1) is 11.1. The van der Waals surface area contributed by atoms with Crippen molar-refractivity contribution in [2.45, 2.75) is 6.42 Å². The standard InChI is InChI=1S/C17H19BrN4O/c18-14-3-6-16(20-12-14)21-7-9-22(10-8-21)17(23)11-13-1-4-15(19)5-2-13/h1-6,12H,7-11,19H2. The van der Waals surface area contributed by atoms with Gasteiger partial charge in [0.05, 0.1) is 6.42 Å². The number of hydrogen-bond acceptors (Lipinski definition) is 4. The first-order valence-corrected chi connectivity index (χ1v) is 8.40. The number of rotatable bonds is 3. The number of pyridine rings is 1. The molecular weight excluding hydrogens is 356 g/mol. The number of nitrogens with zero attached hydrogens (tertiary/aromatic N) is 3. The number of anilines is 2. The molecule has 2 heterocycles. The van der Waals surface area contributed by atoms with Gasteiger partial charge in [0, 0.05) is 42.5 Å². The highest BCUT2D eigenvalue weighted by Gasteiger charge is 2.21. The lowest BCUT2D eigenvalue weighted by molar-refractivity contribution is -0.130. The quantitative estimate of drug-likeness (QED) is 0.837. The zero-order valence-corrected chi connectivity index (χ0v) is 14.4. The SMILES string of the molecule is Nc1ccc(CC(=O)N2CCN(c3ccc(Br)cn3)CC2)cc1. The van der Waals surface area contributed by atoms with Gasteiger partial charge in [-0.3, -0.25) is 4.79 Å². The number of nitrogens with two attached hydrogens (primary N) is 1. The topological polar surface area (TPSA) is 62.5 Å². The van der Waals surface area contributed by atoms with Crippen molar-refractivity contribution in [3.05, 3.63) is 52.6 Å². The van der Waals surface area contributed by atoms with E-state index < -0.39 is 0 Å². The first-order valence-electron chi connectivity index (χ1n) is 7.60. The van der Waals surface area contributed by atoms with Crippen molar-refractivity contribution in [1.82, 2.24) is 9.88 Å². The lowest BCUT2D eigenvalue weighted by Gasteiger charge is -2.35. The molecular formula is C17H19BrN4O. The van der Waals surface area contributed by atoms with Gasteiger partial charge in [0.2, 0.25) is 5.91 Å². The molecule has 0 unspecified atom stereocenters. The van der Waals surface area contributed by atoms with Crippen molar-refractivity contribution < 1.29 is 4.79 Å². The van der Waals surface area contributed by atoms with E-state index in [1.807, 2.05) is 41.3 Å². The van der Waals surface area contributed by atoms with Crippen molar-refractivity contribution in [3.63, 3.8) is 0 Å². The highest BCUT2D eigenvalue weighted by atomic mass is 79.9. The maximum absolute atomic E-state index is 12.4. The maximum atomic E-state index is 12.4. The monoisotopic (exact) mass is 374 g/mol. The maximum Gasteiger partial charge on any atom is 0.227 e. The van der Waals surface area contributed by atoms with Gasteiger partial charge in [-0.25, -0.2) is 4.98 Å². The summed E-state index contributed by atoms with van der Waals surface area (Å²) in [6.45, 7) is 3.07. The average molecular weight is 375 g/mol. The Kier molecular flexibility index (Phi) is 4.81. The molecule has 6 heteroatoms. The minimum Gasteiger partial charge on any atom is -0.399 e. The van der Waals surface area contributed by atoms with Crippen molar-refractivity contribution in [2.24, 2.45) is 0 Å². The van der Waals surface area contributed by atoms with Gasteiger partial charge in [-0.05, 0) is 45.8 Å². The number of hydrogen-bond donors (Lipinski definition) is 1. The van der Waals surface area contributed by atoms with Crippen LogP contribution in [0.2, 0.25) is 0 Å². The minimum absolute atomic E-state index is 0.165. The third kappa shape index (κ3) is 4.01. The van der Waals surface area contributed by atoms with E-state index in [2.05, 4.69) is 25.8 Å². The summed E-state index contributed by atoms with van der Waals surface area (Å²) >= 11 is 3.39. The number of aromatic nitrogens is 1. The molecule has 1 aliphatic heterocycles. The van der Waals surface area contributed by atoms with Crippen LogP contribution in [0, 0.1) is 0 Å². The van der Waals surface area contributed by atoms with Crippen molar-refractivity contribution in [1.29, 1.82) is 0 Å². The van der Waals surface area contributed by atoms with Gasteiger partial charge in [0.15, 0.2) is 0 Å². The largest absolute Gasteiger partial charge is 0.399 e. The predicted octanol–water partition coefficient (Wildman–Crippen LogP) is 2.32. The zero-order valence-electron chi connectivity index (χ0n) is 12.8. The summed E-state index contributed by atoms with van der Waals surface area (Å²) in [7, 11) is 0. The van der Waals surface area contributed by atoms with Gasteiger partial charge < -0.3 is 15.5 Å². The average Bonchev–Trinajstić information content (AvgIpc) is 2.58. The van der Waals surface area contributed by atoms with E-state index in [9.17, 15) is 4.79 Å². The van der Waals surface area contributed by atoms with Crippen molar-refractivity contribution in [3.8, 4) is 0 Å². The molecule has 1 fully saturated rings. The van der Waals surface area contributed by atoms with Crippen LogP contribution in [0.5, 0.6) is 0 Å². The molecule has 0 aliphatic carbocycles. The van der Waals surface area contributed by atoms with E-state index in [0.29, 0.717) is 6.42 Å². The van der Waals surface area contributed by atoms with Crippen molar-refractivity contribution >= 4 is 33.3 Å². The van der Waals surface area contributed by atoms with Crippen LogP contribution in [-0.4, -0.2) is 42.0 Å². The Hall–Kier alpha value is -2.08. The number of piperazine rings is 1. The Morgan fingerprint density at radius 1 is 1.09 bits per heavy atom. The molecule has 1 aromatic carbocycles. The van der Waals surface area contributed by atoms with Crippen LogP contribution < -0.4 is 10.6 Å². The van der Waals surface area contributed by atoms with E-state index >= 15 is 0 Å². The molecule has 2 N–H and O–H groups in total. The van der Waals surface area contributed by atoms with Gasteiger partial charge in [-0.15, -0.1) is 0 Å². The lowest BCUT2D eigenvalue weighted by Crippen LogP contribution is -2.49. The van der Waals surface area contributed by atoms with E-state index in [1.165, 1.54) is 0 Å². The van der Waals surface area contributed by atoms with Gasteiger partial charge >= 0.3 is 0 Å². The molecule has 5 nitrogen and oxygen atoms in total. The van der Waals surface area contributed by atoms with Crippen LogP contribution in [0.4, 0.5) is 11.5 Å². The van der Waals surface area contributed by atoms with E-state index in [1.54, 1.807) is 6.20 Å². The van der Waals surface area contributed by atoms with Gasteiger partial charge in [-0.1, -0.05) is 12.1 Å². The summed E-state index contributed by atoms with van der Waals surface area (Å²) in [5.41, 5.74) is 7.39. The molecule has 0 saturated carbocycles. The summed E-state index contributed by atoms with van der Waals surface area (Å²) in [6.07, 6.45) is 2.23. The molecule has 0 atom stereocenters. The Morgan fingerprint density at radius 3 is 2.39 bits per heavy atom. The second kappa shape index (κ2) is 7.00. The molecule has 0 spiro atoms. The van der Waals surface area contributed by atoms with Crippen LogP contribution in [0.1, 0.15) is 5.56 Å². The second-order valence-corrected chi connectivity index (χ2v) is 6.54. The number of carbonyl (C=O) groups excluding carboxylic acids is 1. The minimum atomic E-state index is 0.165. The Morgan fingerprint density at radius 2 is 1.78 bits per heavy atom. The Balaban J connectivity index is 1.54. The molecule has 0 radical (unpaired) electrons. The summed E-state index contributed by atoms with van der Waals surface area (Å²) in [6, 6.07) is 11.5. The fourth-order valence-electron chi connectivity index (χ4n) is 2.66. The van der Waals surface area contributed by atoms with E-state index in [0.717, 1.165) is 47.7 Å². The molecule has 23 heavy (non-hydrogen) atoms. The van der Waals surface area contributed by atoms with Crippen LogP contribution in [0.25, 0.3) is 0 Å². The second-order valence-electron chi connectivity index (χ2n) is 5.62. The zero-order chi connectivity index (χ0) is 16.2. The van der Waals surface area contributed by atoms with Gasteiger partial charge in [0.1, 0.15) is 5.82 Å². The number of amides is 1. The molecule has 1 aromatic heterocycles. The number of benzene rings is 1. The highest BCUT2D eigenvalue weighted by molar-refractivity contribution is 9.10. The molecule has 1 amide bonds. The summed E-state index contributed by atoms with van der Waals surface area (Å²) in [4.78, 5) is 20.9. The fraction of sp³-hybridized carbons (Fsp3) is 0.294. The van der Waals surface area contributed by atoms with Crippen LogP contribution in [-0.2, 0) is 11.2 Å². The predicted molar refractivity (Wildman–Crippen MR) is 95.3 cm³/mol. The highest BCUT2D eigenvalue weighted by Crippen LogP contribution is 2.17. The molecule has 2 aromatic rings. The Labute approximate surface area is 144 Å². The molecule has 0 bridgehead atoms. The number of halogens is 1. The van der Waals surface area contributed by atoms with Crippen LogP contribution in [0.15, 0.2) is 47.1 Å². The van der Waals surface area contributed by atoms with Crippen LogP contribution in [0.3, 0.4) is 0 Å². The Bertz CT molecular complexity index is 664. The van der Waals surface area contributed by atoms with Crippen molar-refractivity contribution in [2.75, 3.05) is 36.8 Å². The van der Waals surface area contributed by atoms with Gasteiger partial charge in [-0.2, -0.15) is 0 Å². The van der Waals surface area contributed by atoms with Crippen LogP contribution >= 0.6 is 15.9 Å². The van der Waals surface area contributed by atoms with E-state index in [-0.39, 0.29) is 5.91 Å². The molecule has 1 saturated heterocycles. The summed E-state index contributed by atoms with van der Waals surface area (Å²) < 4.78 is 0.971. The fourth-order valence-corrected chi connectivity index (χ4v) is 2.90. The molecule has 120 valence electrons. The summed E-state index contributed by atoms with van der Waals surface area (Å²) in [5, 5.41) is 0. The molecule has 3 rings (SSSR count). The third-order valence-electron chi connectivity index (χ3n) is 4.00. The first kappa shape index (κ1) is 15.8. The third-order valence-corrected chi connectivity index (χ3v) is 4.47. The number of nitrogen functional groups attached to an aromatic ring is 1.